The van der Waals surface area contributed by atoms with Gasteiger partial charge in [0.05, 0.1) is 0 Å². The summed E-state index contributed by atoms with van der Waals surface area (Å²) in [5, 5.41) is -0.548. The summed E-state index contributed by atoms with van der Waals surface area (Å²) >= 11 is 5.40. The Hall–Kier alpha value is -0.710. The quantitative estimate of drug-likeness (QED) is 0.616. The Kier molecular flexibility index (Phi) is 3.09. The zero-order valence-corrected chi connectivity index (χ0v) is 8.53. The lowest BCUT2D eigenvalue weighted by Gasteiger charge is -2.23. The van der Waals surface area contributed by atoms with Crippen molar-refractivity contribution in [3.05, 3.63) is 34.4 Å². The number of benzene rings is 1. The average molecular weight is 222 g/mol. The Bertz CT molecular complexity index is 355. The molecule has 0 fully saturated rings. The van der Waals surface area contributed by atoms with Crippen LogP contribution >= 0.6 is 11.6 Å². The molecule has 0 atom stereocenters. The van der Waals surface area contributed by atoms with Crippen molar-refractivity contribution in [3.8, 4) is 0 Å². The Labute approximate surface area is 85.6 Å². The van der Waals surface area contributed by atoms with E-state index in [1.54, 1.807) is 13.8 Å². The molecule has 0 aliphatic heterocycles. The largest absolute Gasteiger partial charge is 0.294 e. The van der Waals surface area contributed by atoms with Crippen molar-refractivity contribution < 1.29 is 13.6 Å². The molecular weight excluding hydrogens is 212 g/mol. The summed E-state index contributed by atoms with van der Waals surface area (Å²) in [6.45, 7) is 3.11. The predicted octanol–water partition coefficient (Wildman–Crippen LogP) is 2.74. The minimum atomic E-state index is -1.04. The molecule has 0 bridgehead atoms. The SMILES string of the molecule is CC(C)(ON)c1ccc(F)c(Cl)c1F. The van der Waals surface area contributed by atoms with Gasteiger partial charge in [-0.2, -0.15) is 0 Å². The van der Waals surface area contributed by atoms with E-state index in [9.17, 15) is 8.78 Å². The highest BCUT2D eigenvalue weighted by Crippen LogP contribution is 2.30. The summed E-state index contributed by atoms with van der Waals surface area (Å²) in [4.78, 5) is 4.58. The molecule has 0 heterocycles. The van der Waals surface area contributed by atoms with Crippen LogP contribution in [0, 0.1) is 11.6 Å². The summed E-state index contributed by atoms with van der Waals surface area (Å²) < 4.78 is 26.2. The molecule has 14 heavy (non-hydrogen) atoms. The van der Waals surface area contributed by atoms with Crippen molar-refractivity contribution in [1.82, 2.24) is 0 Å². The van der Waals surface area contributed by atoms with Crippen molar-refractivity contribution in [2.75, 3.05) is 0 Å². The molecule has 5 heteroatoms. The molecule has 0 radical (unpaired) electrons. The number of hydrogen-bond donors (Lipinski definition) is 1. The van der Waals surface area contributed by atoms with Crippen LogP contribution in [0.4, 0.5) is 8.78 Å². The van der Waals surface area contributed by atoms with Crippen molar-refractivity contribution >= 4 is 11.6 Å². The van der Waals surface area contributed by atoms with Gasteiger partial charge < -0.3 is 0 Å². The molecule has 0 aliphatic rings. The lowest BCUT2D eigenvalue weighted by molar-refractivity contribution is -0.0261. The van der Waals surface area contributed by atoms with E-state index < -0.39 is 22.3 Å². The van der Waals surface area contributed by atoms with Gasteiger partial charge in [0.15, 0.2) is 5.82 Å². The molecule has 0 aromatic heterocycles. The number of halogens is 3. The highest BCUT2D eigenvalue weighted by molar-refractivity contribution is 6.30. The van der Waals surface area contributed by atoms with Crippen LogP contribution in [0.5, 0.6) is 0 Å². The summed E-state index contributed by atoms with van der Waals surface area (Å²) in [5.74, 6) is 3.34. The van der Waals surface area contributed by atoms with Crippen molar-refractivity contribution in [3.63, 3.8) is 0 Å². The molecule has 0 spiro atoms. The first-order valence-electron chi connectivity index (χ1n) is 3.92. The van der Waals surface area contributed by atoms with Gasteiger partial charge in [-0.05, 0) is 19.9 Å². The maximum Gasteiger partial charge on any atom is 0.150 e. The maximum absolute atomic E-state index is 13.4. The van der Waals surface area contributed by atoms with Crippen LogP contribution in [0.3, 0.4) is 0 Å². The Morgan fingerprint density at radius 1 is 1.36 bits per heavy atom. The zero-order chi connectivity index (χ0) is 10.9. The Morgan fingerprint density at radius 2 is 1.93 bits per heavy atom. The van der Waals surface area contributed by atoms with Gasteiger partial charge in [0.25, 0.3) is 0 Å². The average Bonchev–Trinajstić information content (AvgIpc) is 2.14. The molecule has 0 unspecified atom stereocenters. The normalized spacial score (nSPS) is 11.9. The van der Waals surface area contributed by atoms with Crippen molar-refractivity contribution in [1.29, 1.82) is 0 Å². The van der Waals surface area contributed by atoms with Crippen LogP contribution in [0.1, 0.15) is 19.4 Å². The molecule has 2 nitrogen and oxygen atoms in total. The lowest BCUT2D eigenvalue weighted by atomic mass is 9.98. The summed E-state index contributed by atoms with van der Waals surface area (Å²) in [6.07, 6.45) is 0. The fourth-order valence-electron chi connectivity index (χ4n) is 1.05. The van der Waals surface area contributed by atoms with Gasteiger partial charge in [-0.3, -0.25) is 4.84 Å². The molecule has 1 aromatic rings. The van der Waals surface area contributed by atoms with E-state index >= 15 is 0 Å². The molecule has 0 amide bonds. The number of rotatable bonds is 2. The standard InChI is InChI=1S/C9H10ClF2NO/c1-9(2,14-13)5-3-4-6(11)7(10)8(5)12/h3-4H,13H2,1-2H3. The van der Waals surface area contributed by atoms with Crippen LogP contribution in [-0.4, -0.2) is 0 Å². The van der Waals surface area contributed by atoms with Crippen LogP contribution in [0.25, 0.3) is 0 Å². The molecule has 0 saturated carbocycles. The number of nitrogens with two attached hydrogens (primary N) is 1. The van der Waals surface area contributed by atoms with E-state index in [1.807, 2.05) is 0 Å². The smallest absolute Gasteiger partial charge is 0.150 e. The van der Waals surface area contributed by atoms with E-state index in [0.717, 1.165) is 6.07 Å². The third kappa shape index (κ3) is 1.87. The second kappa shape index (κ2) is 3.81. The van der Waals surface area contributed by atoms with E-state index in [-0.39, 0.29) is 5.56 Å². The Balaban J connectivity index is 3.31. The highest BCUT2D eigenvalue weighted by atomic mass is 35.5. The fourth-order valence-corrected chi connectivity index (χ4v) is 1.22. The molecule has 78 valence electrons. The van der Waals surface area contributed by atoms with Gasteiger partial charge in [0, 0.05) is 5.56 Å². The van der Waals surface area contributed by atoms with E-state index in [1.165, 1.54) is 6.07 Å². The summed E-state index contributed by atoms with van der Waals surface area (Å²) in [5.41, 5.74) is -0.923. The second-order valence-corrected chi connectivity index (χ2v) is 3.73. The topological polar surface area (TPSA) is 35.2 Å². The zero-order valence-electron chi connectivity index (χ0n) is 7.77. The monoisotopic (exact) mass is 221 g/mol. The minimum absolute atomic E-state index is 0.117. The first-order valence-corrected chi connectivity index (χ1v) is 4.30. The first-order chi connectivity index (χ1) is 6.40. The molecule has 2 N–H and O–H groups in total. The van der Waals surface area contributed by atoms with Gasteiger partial charge in [0.2, 0.25) is 0 Å². The third-order valence-electron chi connectivity index (χ3n) is 1.98. The van der Waals surface area contributed by atoms with Crippen LogP contribution in [-0.2, 0) is 10.4 Å². The van der Waals surface area contributed by atoms with E-state index in [0.29, 0.717) is 0 Å². The highest BCUT2D eigenvalue weighted by Gasteiger charge is 2.26. The number of hydrogen-bond acceptors (Lipinski definition) is 2. The predicted molar refractivity (Wildman–Crippen MR) is 49.7 cm³/mol. The third-order valence-corrected chi connectivity index (χ3v) is 2.32. The van der Waals surface area contributed by atoms with Crippen LogP contribution < -0.4 is 5.90 Å². The first kappa shape index (κ1) is 11.4. The maximum atomic E-state index is 13.4. The van der Waals surface area contributed by atoms with Crippen LogP contribution in [0.15, 0.2) is 12.1 Å². The minimum Gasteiger partial charge on any atom is -0.294 e. The second-order valence-electron chi connectivity index (χ2n) is 3.35. The van der Waals surface area contributed by atoms with Gasteiger partial charge in [-0.1, -0.05) is 17.7 Å². The van der Waals surface area contributed by atoms with Gasteiger partial charge >= 0.3 is 0 Å². The summed E-state index contributed by atoms with van der Waals surface area (Å²) in [7, 11) is 0. The van der Waals surface area contributed by atoms with Gasteiger partial charge in [-0.15, -0.1) is 0 Å². The molecule has 0 aliphatic carbocycles. The van der Waals surface area contributed by atoms with Crippen LogP contribution in [0.2, 0.25) is 5.02 Å². The Morgan fingerprint density at radius 3 is 2.43 bits per heavy atom. The van der Waals surface area contributed by atoms with Gasteiger partial charge in [0.1, 0.15) is 16.4 Å². The van der Waals surface area contributed by atoms with Crippen molar-refractivity contribution in [2.45, 2.75) is 19.4 Å². The lowest BCUT2D eigenvalue weighted by Crippen LogP contribution is -2.26. The summed E-state index contributed by atoms with van der Waals surface area (Å²) in [6, 6.07) is 2.32. The fraction of sp³-hybridized carbons (Fsp3) is 0.333. The van der Waals surface area contributed by atoms with Crippen molar-refractivity contribution in [2.24, 2.45) is 5.90 Å². The van der Waals surface area contributed by atoms with E-state index in [2.05, 4.69) is 4.84 Å². The molecular formula is C9H10ClF2NO. The van der Waals surface area contributed by atoms with Gasteiger partial charge in [-0.25, -0.2) is 14.7 Å². The molecule has 1 rings (SSSR count). The molecule has 1 aromatic carbocycles. The van der Waals surface area contributed by atoms with E-state index in [4.69, 9.17) is 17.5 Å². The molecule has 0 saturated heterocycles.